The molecule has 0 spiro atoms. The Kier molecular flexibility index (Phi) is 5.31. The van der Waals surface area contributed by atoms with Gasteiger partial charge in [-0.15, -0.1) is 11.6 Å². The number of hydrogen-bond acceptors (Lipinski definition) is 3. The predicted molar refractivity (Wildman–Crippen MR) is 64.4 cm³/mol. The normalized spacial score (nSPS) is 9.29. The molecule has 1 aromatic rings. The first-order chi connectivity index (χ1) is 8.22. The summed E-state index contributed by atoms with van der Waals surface area (Å²) in [5.74, 6) is 5.72. The minimum absolute atomic E-state index is 0.179. The van der Waals surface area contributed by atoms with Crippen LogP contribution in [0.4, 0.5) is 0 Å². The fraction of sp³-hybridized carbons (Fsp3) is 0.333. The van der Waals surface area contributed by atoms with E-state index in [-0.39, 0.29) is 11.3 Å². The first-order valence-electron chi connectivity index (χ1n) is 5.04. The Morgan fingerprint density at radius 3 is 3.00 bits per heavy atom. The molecule has 0 aliphatic heterocycles. The van der Waals surface area contributed by atoms with Crippen LogP contribution >= 0.6 is 11.6 Å². The van der Waals surface area contributed by atoms with Gasteiger partial charge in [-0.05, 0) is 18.4 Å². The van der Waals surface area contributed by atoms with E-state index >= 15 is 0 Å². The monoisotopic (exact) mass is 253 g/mol. The highest BCUT2D eigenvalue weighted by atomic mass is 35.5. The molecule has 1 rings (SSSR count). The van der Waals surface area contributed by atoms with Crippen LogP contribution in [0.3, 0.4) is 0 Å². The number of hydrogen-bond donors (Lipinski definition) is 1. The molecule has 4 nitrogen and oxygen atoms in total. The Morgan fingerprint density at radius 1 is 1.65 bits per heavy atom. The lowest BCUT2D eigenvalue weighted by molar-refractivity contribution is 0.0598. The number of carbonyl (C=O) groups excluding carboxylic acids is 2. The number of carbonyl (C=O) groups is 2. The average Bonchev–Trinajstić information content (AvgIpc) is 2.77. The number of aromatic amines is 1. The Hall–Kier alpha value is -1.73. The van der Waals surface area contributed by atoms with Crippen molar-refractivity contribution < 1.29 is 14.3 Å². The highest BCUT2D eigenvalue weighted by Crippen LogP contribution is 2.10. The second-order valence-corrected chi connectivity index (χ2v) is 3.59. The maximum atomic E-state index is 11.3. The Balaban J connectivity index is 2.87. The van der Waals surface area contributed by atoms with Gasteiger partial charge >= 0.3 is 5.97 Å². The number of unbranched alkanes of at least 4 members (excludes halogenated alkanes) is 1. The van der Waals surface area contributed by atoms with Crippen LogP contribution in [-0.4, -0.2) is 30.2 Å². The third kappa shape index (κ3) is 3.65. The third-order valence-corrected chi connectivity index (χ3v) is 2.30. The number of nitrogens with one attached hydrogen (secondary N) is 1. The molecule has 0 bridgehead atoms. The molecule has 0 radical (unpaired) electrons. The van der Waals surface area contributed by atoms with Crippen LogP contribution in [0.15, 0.2) is 6.07 Å². The van der Waals surface area contributed by atoms with Gasteiger partial charge in [0.2, 0.25) is 0 Å². The van der Waals surface area contributed by atoms with Crippen molar-refractivity contribution in [3.8, 4) is 11.8 Å². The van der Waals surface area contributed by atoms with Gasteiger partial charge in [-0.25, -0.2) is 4.79 Å². The van der Waals surface area contributed by atoms with Gasteiger partial charge in [-0.3, -0.25) is 4.79 Å². The number of methoxy groups -OCH3 is 1. The summed E-state index contributed by atoms with van der Waals surface area (Å²) in [7, 11) is 1.26. The number of halogens is 1. The summed E-state index contributed by atoms with van der Waals surface area (Å²) in [5.41, 5.74) is 0.893. The molecule has 0 atom stereocenters. The lowest BCUT2D eigenvalue weighted by atomic mass is 10.2. The highest BCUT2D eigenvalue weighted by molar-refractivity contribution is 6.17. The van der Waals surface area contributed by atoms with Crippen LogP contribution in [0.5, 0.6) is 0 Å². The molecule has 0 saturated carbocycles. The summed E-state index contributed by atoms with van der Waals surface area (Å²) in [5, 5.41) is 0. The van der Waals surface area contributed by atoms with Crippen molar-refractivity contribution in [1.82, 2.24) is 4.98 Å². The molecule has 0 unspecified atom stereocenters. The van der Waals surface area contributed by atoms with Crippen LogP contribution in [0.1, 0.15) is 39.4 Å². The minimum Gasteiger partial charge on any atom is -0.465 e. The van der Waals surface area contributed by atoms with E-state index in [9.17, 15) is 9.59 Å². The Bertz CT molecular complexity index is 468. The SMILES string of the molecule is COC(=O)c1cc(C#CCCCCl)[nH]c1C=O. The van der Waals surface area contributed by atoms with E-state index in [1.807, 2.05) is 0 Å². The van der Waals surface area contributed by atoms with Crippen molar-refractivity contribution in [2.45, 2.75) is 12.8 Å². The summed E-state index contributed by atoms with van der Waals surface area (Å²) < 4.78 is 4.55. The van der Waals surface area contributed by atoms with Crippen molar-refractivity contribution in [1.29, 1.82) is 0 Å². The van der Waals surface area contributed by atoms with Crippen molar-refractivity contribution >= 4 is 23.9 Å². The lowest BCUT2D eigenvalue weighted by Gasteiger charge is -1.94. The molecule has 0 aliphatic carbocycles. The van der Waals surface area contributed by atoms with Gasteiger partial charge in [-0.1, -0.05) is 5.92 Å². The lowest BCUT2D eigenvalue weighted by Crippen LogP contribution is -2.02. The van der Waals surface area contributed by atoms with Gasteiger partial charge in [0.25, 0.3) is 0 Å². The van der Waals surface area contributed by atoms with Gasteiger partial charge in [-0.2, -0.15) is 0 Å². The number of rotatable bonds is 4. The third-order valence-electron chi connectivity index (χ3n) is 2.03. The van der Waals surface area contributed by atoms with E-state index in [2.05, 4.69) is 21.6 Å². The predicted octanol–water partition coefficient (Wildman–Crippen LogP) is 1.98. The number of ether oxygens (including phenoxy) is 1. The second-order valence-electron chi connectivity index (χ2n) is 3.21. The number of aromatic nitrogens is 1. The van der Waals surface area contributed by atoms with Crippen LogP contribution in [-0.2, 0) is 4.74 Å². The van der Waals surface area contributed by atoms with E-state index in [1.54, 1.807) is 0 Å². The van der Waals surface area contributed by atoms with Crippen LogP contribution in [0, 0.1) is 11.8 Å². The molecule has 0 saturated heterocycles. The first kappa shape index (κ1) is 13.3. The molecule has 1 heterocycles. The fourth-order valence-electron chi connectivity index (χ4n) is 1.22. The standard InChI is InChI=1S/C12H12ClNO3/c1-17-12(16)10-7-9(14-11(10)8-15)5-3-2-4-6-13/h7-8,14H,2,4,6H2,1H3. The average molecular weight is 254 g/mol. The highest BCUT2D eigenvalue weighted by Gasteiger charge is 2.14. The van der Waals surface area contributed by atoms with Crippen LogP contribution in [0.25, 0.3) is 0 Å². The summed E-state index contributed by atoms with van der Waals surface area (Å²) in [6.45, 7) is 0. The number of H-pyrrole nitrogens is 1. The first-order valence-corrected chi connectivity index (χ1v) is 5.57. The number of aldehydes is 1. The molecule has 0 fully saturated rings. The Morgan fingerprint density at radius 2 is 2.41 bits per heavy atom. The van der Waals surface area contributed by atoms with Gasteiger partial charge in [0.15, 0.2) is 6.29 Å². The van der Waals surface area contributed by atoms with Gasteiger partial charge in [0.05, 0.1) is 24.1 Å². The maximum Gasteiger partial charge on any atom is 0.340 e. The van der Waals surface area contributed by atoms with Crippen molar-refractivity contribution in [3.63, 3.8) is 0 Å². The van der Waals surface area contributed by atoms with Gasteiger partial charge in [0, 0.05) is 12.3 Å². The largest absolute Gasteiger partial charge is 0.465 e. The van der Waals surface area contributed by atoms with Crippen LogP contribution in [0.2, 0.25) is 0 Å². The summed E-state index contributed by atoms with van der Waals surface area (Å²) in [4.78, 5) is 24.8. The van der Waals surface area contributed by atoms with Crippen molar-refractivity contribution in [2.75, 3.05) is 13.0 Å². The molecular formula is C12H12ClNO3. The molecule has 90 valence electrons. The molecule has 0 aromatic carbocycles. The molecule has 17 heavy (non-hydrogen) atoms. The topological polar surface area (TPSA) is 59.2 Å². The van der Waals surface area contributed by atoms with Gasteiger partial charge in [0.1, 0.15) is 0 Å². The summed E-state index contributed by atoms with van der Waals surface area (Å²) in [6.07, 6.45) is 2.04. The number of alkyl halides is 1. The molecule has 1 aromatic heterocycles. The zero-order valence-electron chi connectivity index (χ0n) is 9.38. The second kappa shape index (κ2) is 6.77. The summed E-state index contributed by atoms with van der Waals surface area (Å²) >= 11 is 5.51. The van der Waals surface area contributed by atoms with Crippen LogP contribution < -0.4 is 0 Å². The Labute approximate surface area is 104 Å². The molecule has 1 N–H and O–H groups in total. The van der Waals surface area contributed by atoms with E-state index < -0.39 is 5.97 Å². The smallest absolute Gasteiger partial charge is 0.340 e. The van der Waals surface area contributed by atoms with E-state index in [0.717, 1.165) is 6.42 Å². The molecular weight excluding hydrogens is 242 g/mol. The van der Waals surface area contributed by atoms with E-state index in [4.69, 9.17) is 11.6 Å². The zero-order chi connectivity index (χ0) is 12.7. The van der Waals surface area contributed by atoms with Crippen molar-refractivity contribution in [2.24, 2.45) is 0 Å². The number of esters is 1. The fourth-order valence-corrected chi connectivity index (χ4v) is 1.36. The van der Waals surface area contributed by atoms with E-state index in [0.29, 0.717) is 24.3 Å². The van der Waals surface area contributed by atoms with Crippen molar-refractivity contribution in [3.05, 3.63) is 23.0 Å². The minimum atomic E-state index is -0.558. The molecule has 0 aliphatic rings. The van der Waals surface area contributed by atoms with E-state index in [1.165, 1.54) is 13.2 Å². The molecule has 0 amide bonds. The quantitative estimate of drug-likeness (QED) is 0.293. The maximum absolute atomic E-state index is 11.3. The zero-order valence-corrected chi connectivity index (χ0v) is 10.1. The summed E-state index contributed by atoms with van der Waals surface area (Å²) in [6, 6.07) is 1.50. The van der Waals surface area contributed by atoms with Gasteiger partial charge < -0.3 is 9.72 Å². The molecule has 5 heteroatoms.